The highest BCUT2D eigenvalue weighted by Crippen LogP contribution is 2.48. The van der Waals surface area contributed by atoms with Gasteiger partial charge in [-0.25, -0.2) is 0 Å². The molecular formula is C16H28BrIN4O. The minimum absolute atomic E-state index is 0. The third-order valence-electron chi connectivity index (χ3n) is 4.46. The highest BCUT2D eigenvalue weighted by molar-refractivity contribution is 14.0. The summed E-state index contributed by atoms with van der Waals surface area (Å²) in [5.74, 6) is 0.945. The molecule has 1 aromatic rings. The number of rotatable bonds is 7. The smallest absolute Gasteiger partial charge is 0.193 e. The monoisotopic (exact) mass is 498 g/mol. The van der Waals surface area contributed by atoms with Crippen LogP contribution in [0.5, 0.6) is 0 Å². The van der Waals surface area contributed by atoms with Crippen LogP contribution in [0.1, 0.15) is 25.0 Å². The van der Waals surface area contributed by atoms with Gasteiger partial charge in [0.05, 0.1) is 6.54 Å². The zero-order valence-corrected chi connectivity index (χ0v) is 18.3. The third-order valence-corrected chi connectivity index (χ3v) is 4.90. The van der Waals surface area contributed by atoms with Gasteiger partial charge < -0.3 is 19.5 Å². The van der Waals surface area contributed by atoms with Gasteiger partial charge in [0.25, 0.3) is 0 Å². The molecule has 0 atom stereocenters. The van der Waals surface area contributed by atoms with Gasteiger partial charge in [0.15, 0.2) is 5.96 Å². The number of aryl methyl sites for hydroxylation is 1. The first kappa shape index (κ1) is 20.8. The molecule has 0 spiro atoms. The van der Waals surface area contributed by atoms with E-state index in [0.29, 0.717) is 5.41 Å². The predicted octanol–water partition coefficient (Wildman–Crippen LogP) is 3.23. The standard InChI is InChI=1S/C16H27BrN4O.HI/c1-18-15(19-12-16(5-6-16)7-8-22-4)21(3)11-14-9-13(17)10-20(14)2;/h9-10H,5-8,11-12H2,1-4H3,(H,18,19);1H. The van der Waals surface area contributed by atoms with E-state index in [1.165, 1.54) is 18.5 Å². The van der Waals surface area contributed by atoms with Gasteiger partial charge in [-0.1, -0.05) is 0 Å². The molecule has 1 aliphatic carbocycles. The number of nitrogens with one attached hydrogen (secondary N) is 1. The lowest BCUT2D eigenvalue weighted by Crippen LogP contribution is -2.41. The molecule has 0 saturated heterocycles. The molecule has 1 aromatic heterocycles. The van der Waals surface area contributed by atoms with Crippen LogP contribution in [0.3, 0.4) is 0 Å². The van der Waals surface area contributed by atoms with Crippen LogP contribution in [0.4, 0.5) is 0 Å². The topological polar surface area (TPSA) is 41.8 Å². The Kier molecular flexibility index (Phi) is 8.37. The van der Waals surface area contributed by atoms with Gasteiger partial charge in [-0.15, -0.1) is 24.0 Å². The molecule has 23 heavy (non-hydrogen) atoms. The predicted molar refractivity (Wildman–Crippen MR) is 110 cm³/mol. The lowest BCUT2D eigenvalue weighted by atomic mass is 10.0. The Hall–Kier alpha value is -0.280. The summed E-state index contributed by atoms with van der Waals surface area (Å²) < 4.78 is 8.46. The van der Waals surface area contributed by atoms with Gasteiger partial charge >= 0.3 is 0 Å². The van der Waals surface area contributed by atoms with E-state index < -0.39 is 0 Å². The van der Waals surface area contributed by atoms with Crippen molar-refractivity contribution in [3.63, 3.8) is 0 Å². The normalized spacial score (nSPS) is 16.0. The first-order valence-corrected chi connectivity index (χ1v) is 8.50. The van der Waals surface area contributed by atoms with Crippen molar-refractivity contribution >= 4 is 45.9 Å². The number of aromatic nitrogens is 1. The van der Waals surface area contributed by atoms with Crippen LogP contribution in [-0.4, -0.2) is 49.8 Å². The summed E-state index contributed by atoms with van der Waals surface area (Å²) in [5.41, 5.74) is 1.67. The molecule has 132 valence electrons. The summed E-state index contributed by atoms with van der Waals surface area (Å²) in [6.45, 7) is 2.64. The molecule has 1 N–H and O–H groups in total. The van der Waals surface area contributed by atoms with E-state index in [4.69, 9.17) is 4.74 Å². The summed E-state index contributed by atoms with van der Waals surface area (Å²) in [5, 5.41) is 3.53. The van der Waals surface area contributed by atoms with E-state index >= 15 is 0 Å². The average molecular weight is 499 g/mol. The van der Waals surface area contributed by atoms with E-state index in [1.807, 2.05) is 7.05 Å². The molecule has 1 heterocycles. The zero-order chi connectivity index (χ0) is 16.2. The van der Waals surface area contributed by atoms with Gasteiger partial charge in [0, 0.05) is 57.8 Å². The molecule has 2 rings (SSSR count). The van der Waals surface area contributed by atoms with Crippen molar-refractivity contribution in [3.05, 3.63) is 22.4 Å². The summed E-state index contributed by atoms with van der Waals surface area (Å²) in [7, 11) is 7.75. The van der Waals surface area contributed by atoms with Gasteiger partial charge in [0.1, 0.15) is 0 Å². The van der Waals surface area contributed by atoms with E-state index in [9.17, 15) is 0 Å². The highest BCUT2D eigenvalue weighted by atomic mass is 127. The SMILES string of the molecule is CN=C(NCC1(CCOC)CC1)N(C)Cc1cc(Br)cn1C.I. The fourth-order valence-corrected chi connectivity index (χ4v) is 3.27. The van der Waals surface area contributed by atoms with E-state index in [-0.39, 0.29) is 24.0 Å². The van der Waals surface area contributed by atoms with E-state index in [0.717, 1.165) is 36.5 Å². The molecule has 0 unspecified atom stereocenters. The van der Waals surface area contributed by atoms with Crippen LogP contribution < -0.4 is 5.32 Å². The van der Waals surface area contributed by atoms with Gasteiger partial charge in [-0.05, 0) is 46.7 Å². The fourth-order valence-electron chi connectivity index (χ4n) is 2.70. The molecule has 0 radical (unpaired) electrons. The maximum Gasteiger partial charge on any atom is 0.193 e. The molecule has 1 saturated carbocycles. The lowest BCUT2D eigenvalue weighted by molar-refractivity contribution is 0.172. The Morgan fingerprint density at radius 3 is 2.70 bits per heavy atom. The van der Waals surface area contributed by atoms with Gasteiger partial charge in [-0.2, -0.15) is 0 Å². The molecule has 5 nitrogen and oxygen atoms in total. The van der Waals surface area contributed by atoms with Gasteiger partial charge in [0.2, 0.25) is 0 Å². The maximum absolute atomic E-state index is 5.22. The number of methoxy groups -OCH3 is 1. The van der Waals surface area contributed by atoms with Crippen molar-refractivity contribution in [3.8, 4) is 0 Å². The number of guanidine groups is 1. The number of nitrogens with zero attached hydrogens (tertiary/aromatic N) is 3. The average Bonchev–Trinajstić information content (AvgIpc) is 3.18. The van der Waals surface area contributed by atoms with E-state index in [2.05, 4.69) is 62.1 Å². The van der Waals surface area contributed by atoms with Crippen LogP contribution in [0.2, 0.25) is 0 Å². The van der Waals surface area contributed by atoms with Crippen LogP contribution in [0, 0.1) is 5.41 Å². The van der Waals surface area contributed by atoms with Crippen LogP contribution in [0.15, 0.2) is 21.7 Å². The maximum atomic E-state index is 5.22. The zero-order valence-electron chi connectivity index (χ0n) is 14.4. The fraction of sp³-hybridized carbons (Fsp3) is 0.688. The Labute approximate surface area is 165 Å². The Morgan fingerprint density at radius 2 is 2.22 bits per heavy atom. The Morgan fingerprint density at radius 1 is 1.52 bits per heavy atom. The molecule has 1 aliphatic rings. The minimum atomic E-state index is 0. The summed E-state index contributed by atoms with van der Waals surface area (Å²) in [4.78, 5) is 6.57. The summed E-state index contributed by atoms with van der Waals surface area (Å²) >= 11 is 3.52. The van der Waals surface area contributed by atoms with Crippen molar-refractivity contribution in [1.29, 1.82) is 0 Å². The molecule has 0 amide bonds. The molecule has 1 fully saturated rings. The third kappa shape index (κ3) is 5.94. The van der Waals surface area contributed by atoms with Crippen LogP contribution in [0.25, 0.3) is 0 Å². The minimum Gasteiger partial charge on any atom is -0.385 e. The van der Waals surface area contributed by atoms with Crippen molar-refractivity contribution in [1.82, 2.24) is 14.8 Å². The lowest BCUT2D eigenvalue weighted by Gasteiger charge is -2.24. The van der Waals surface area contributed by atoms with Gasteiger partial charge in [-0.3, -0.25) is 4.99 Å². The second-order valence-corrected chi connectivity index (χ2v) is 7.18. The number of aliphatic imine (C=N–C) groups is 1. The molecule has 0 aromatic carbocycles. The Balaban J connectivity index is 0.00000264. The van der Waals surface area contributed by atoms with Crippen molar-refractivity contribution in [2.45, 2.75) is 25.8 Å². The quantitative estimate of drug-likeness (QED) is 0.356. The number of halogens is 2. The van der Waals surface area contributed by atoms with Crippen molar-refractivity contribution < 1.29 is 4.74 Å². The Bertz CT molecular complexity index is 528. The first-order chi connectivity index (χ1) is 10.5. The first-order valence-electron chi connectivity index (χ1n) is 7.71. The second-order valence-electron chi connectivity index (χ2n) is 6.26. The second kappa shape index (κ2) is 9.27. The molecule has 7 heteroatoms. The largest absolute Gasteiger partial charge is 0.385 e. The number of hydrogen-bond acceptors (Lipinski definition) is 2. The van der Waals surface area contributed by atoms with E-state index in [1.54, 1.807) is 7.11 Å². The van der Waals surface area contributed by atoms with Crippen LogP contribution in [-0.2, 0) is 18.3 Å². The summed E-state index contributed by atoms with van der Waals surface area (Å²) in [6.07, 6.45) is 5.77. The summed E-state index contributed by atoms with van der Waals surface area (Å²) in [6, 6.07) is 2.14. The molecular weight excluding hydrogens is 471 g/mol. The molecule has 0 bridgehead atoms. The van der Waals surface area contributed by atoms with Crippen LogP contribution >= 0.6 is 39.9 Å². The number of hydrogen-bond donors (Lipinski definition) is 1. The molecule has 0 aliphatic heterocycles. The highest BCUT2D eigenvalue weighted by Gasteiger charge is 2.42. The van der Waals surface area contributed by atoms with Crippen molar-refractivity contribution in [2.75, 3.05) is 34.4 Å². The number of ether oxygens (including phenoxy) is 1. The van der Waals surface area contributed by atoms with Crippen molar-refractivity contribution in [2.24, 2.45) is 17.5 Å².